The molecule has 0 aliphatic carbocycles. The first kappa shape index (κ1) is 29.0. The van der Waals surface area contributed by atoms with E-state index in [-0.39, 0.29) is 30.7 Å². The first-order chi connectivity index (χ1) is 17.9. The van der Waals surface area contributed by atoms with E-state index >= 15 is 0 Å². The lowest BCUT2D eigenvalue weighted by Crippen LogP contribution is -2.34. The zero-order valence-electron chi connectivity index (χ0n) is 20.8. The van der Waals surface area contributed by atoms with Gasteiger partial charge < -0.3 is 29.8 Å². The van der Waals surface area contributed by atoms with Crippen LogP contribution in [-0.4, -0.2) is 69.2 Å². The molecule has 0 spiro atoms. The number of hydrogen-bond donors (Lipinski definition) is 2. The van der Waals surface area contributed by atoms with Gasteiger partial charge in [-0.3, -0.25) is 4.79 Å². The highest BCUT2D eigenvalue weighted by atomic mass is 35.5. The van der Waals surface area contributed by atoms with Crippen molar-refractivity contribution in [2.24, 2.45) is 0 Å². The number of aromatic nitrogens is 3. The number of carbonyl (C=O) groups excluding carboxylic acids is 1. The van der Waals surface area contributed by atoms with Crippen LogP contribution < -0.4 is 10.5 Å². The number of hydrogen-bond acceptors (Lipinski definition) is 7. The van der Waals surface area contributed by atoms with Crippen molar-refractivity contribution in [1.29, 1.82) is 0 Å². The number of imidazole rings is 1. The smallest absolute Gasteiger partial charge is 0.341 e. The fourth-order valence-corrected chi connectivity index (χ4v) is 4.40. The van der Waals surface area contributed by atoms with Crippen LogP contribution in [0.15, 0.2) is 48.5 Å². The Balaban J connectivity index is 0.00000400. The summed E-state index contributed by atoms with van der Waals surface area (Å²) in [7, 11) is 1.63. The summed E-state index contributed by atoms with van der Waals surface area (Å²) in [6.07, 6.45) is 0.561. The van der Waals surface area contributed by atoms with Crippen LogP contribution in [0.4, 0.5) is 5.82 Å². The number of nitrogens with zero attached hydrogens (tertiary/aromatic N) is 4. The van der Waals surface area contributed by atoms with Crippen LogP contribution in [-0.2, 0) is 33.8 Å². The number of benzene rings is 2. The second kappa shape index (κ2) is 13.3. The number of nitrogens with two attached hydrogens (primary N) is 1. The fraction of sp³-hybridized carbons (Fsp3) is 0.308. The molecule has 2 heterocycles. The first-order valence-electron chi connectivity index (χ1n) is 11.7. The molecule has 4 rings (SSSR count). The standard InChI is InChI=1S/C26H28ClN5O5.ClH/c1-36-12-9-21-30-24-25(19-7-2-3-8-20(19)29-26(24)28)32(21)11-10-31(22(33)14-27)15-17-5-4-6-18(13-17)37-16-23(34)35;/h2-8,13H,9-12,14-16H2,1H3,(H2,28,29)(H,34,35);1H. The summed E-state index contributed by atoms with van der Waals surface area (Å²) in [5, 5.41) is 9.79. The third-order valence-electron chi connectivity index (χ3n) is 5.91. The average Bonchev–Trinajstić information content (AvgIpc) is 3.27. The van der Waals surface area contributed by atoms with E-state index in [1.807, 2.05) is 30.3 Å². The molecule has 202 valence electrons. The Morgan fingerprint density at radius 2 is 1.95 bits per heavy atom. The predicted molar refractivity (Wildman–Crippen MR) is 148 cm³/mol. The lowest BCUT2D eigenvalue weighted by molar-refractivity contribution is -0.139. The van der Waals surface area contributed by atoms with Gasteiger partial charge in [0.25, 0.3) is 0 Å². The van der Waals surface area contributed by atoms with Crippen molar-refractivity contribution in [1.82, 2.24) is 19.4 Å². The van der Waals surface area contributed by atoms with E-state index in [0.29, 0.717) is 43.2 Å². The highest BCUT2D eigenvalue weighted by Crippen LogP contribution is 2.29. The highest BCUT2D eigenvalue weighted by molar-refractivity contribution is 6.27. The van der Waals surface area contributed by atoms with Crippen molar-refractivity contribution in [3.63, 3.8) is 0 Å². The predicted octanol–water partition coefficient (Wildman–Crippen LogP) is 3.51. The van der Waals surface area contributed by atoms with Crippen LogP contribution in [0.2, 0.25) is 0 Å². The molecule has 2 aromatic heterocycles. The number of fused-ring (bicyclic) bond motifs is 3. The summed E-state index contributed by atoms with van der Waals surface area (Å²) in [6, 6.07) is 14.7. The van der Waals surface area contributed by atoms with Gasteiger partial charge in [-0.15, -0.1) is 24.0 Å². The van der Waals surface area contributed by atoms with Gasteiger partial charge in [0.2, 0.25) is 5.91 Å². The summed E-state index contributed by atoms with van der Waals surface area (Å²) >= 11 is 5.94. The van der Waals surface area contributed by atoms with Gasteiger partial charge in [0.15, 0.2) is 12.4 Å². The van der Waals surface area contributed by atoms with Crippen molar-refractivity contribution in [3.8, 4) is 5.75 Å². The van der Waals surface area contributed by atoms with Gasteiger partial charge in [-0.25, -0.2) is 14.8 Å². The molecule has 0 fully saturated rings. The topological polar surface area (TPSA) is 133 Å². The highest BCUT2D eigenvalue weighted by Gasteiger charge is 2.20. The summed E-state index contributed by atoms with van der Waals surface area (Å²) < 4.78 is 12.6. The van der Waals surface area contributed by atoms with Crippen molar-refractivity contribution >= 4 is 63.6 Å². The Kier molecular flexibility index (Phi) is 10.1. The largest absolute Gasteiger partial charge is 0.482 e. The number of pyridine rings is 1. The van der Waals surface area contributed by atoms with Gasteiger partial charge in [0.05, 0.1) is 17.6 Å². The molecular formula is C26H29Cl2N5O5. The lowest BCUT2D eigenvalue weighted by atomic mass is 10.2. The zero-order valence-corrected chi connectivity index (χ0v) is 22.4. The molecule has 0 unspecified atom stereocenters. The van der Waals surface area contributed by atoms with Crippen molar-refractivity contribution in [3.05, 3.63) is 59.9 Å². The Labute approximate surface area is 230 Å². The van der Waals surface area contributed by atoms with E-state index in [1.54, 1.807) is 30.2 Å². The number of nitrogen functional groups attached to an aromatic ring is 1. The average molecular weight is 562 g/mol. The summed E-state index contributed by atoms with van der Waals surface area (Å²) in [5.74, 6) is 0.0741. The molecule has 1 amide bonds. The number of rotatable bonds is 12. The molecule has 0 atom stereocenters. The van der Waals surface area contributed by atoms with E-state index < -0.39 is 12.6 Å². The molecule has 2 aromatic carbocycles. The number of aliphatic carboxylic acids is 1. The van der Waals surface area contributed by atoms with Crippen LogP contribution in [0.25, 0.3) is 21.9 Å². The number of ether oxygens (including phenoxy) is 2. The number of carboxylic acids is 1. The Bertz CT molecular complexity index is 1430. The fourth-order valence-electron chi connectivity index (χ4n) is 4.23. The van der Waals surface area contributed by atoms with E-state index in [4.69, 9.17) is 36.9 Å². The number of halogens is 2. The molecule has 0 radical (unpaired) electrons. The van der Waals surface area contributed by atoms with Crippen LogP contribution >= 0.6 is 24.0 Å². The van der Waals surface area contributed by atoms with E-state index in [1.165, 1.54) is 0 Å². The second-order valence-corrected chi connectivity index (χ2v) is 8.68. The van der Waals surface area contributed by atoms with Crippen molar-refractivity contribution < 1.29 is 24.2 Å². The molecular weight excluding hydrogens is 533 g/mol. The first-order valence-corrected chi connectivity index (χ1v) is 12.2. The van der Waals surface area contributed by atoms with Gasteiger partial charge in [0.1, 0.15) is 23.0 Å². The minimum atomic E-state index is -1.07. The normalized spacial score (nSPS) is 10.9. The number of para-hydroxylation sites is 1. The molecule has 4 aromatic rings. The molecule has 0 aliphatic rings. The third kappa shape index (κ3) is 6.63. The SMILES string of the molecule is COCCc1nc2c(N)nc3ccccc3c2n1CCN(Cc1cccc(OCC(=O)O)c1)C(=O)CCl.Cl. The molecule has 0 saturated heterocycles. The van der Waals surface area contributed by atoms with E-state index in [0.717, 1.165) is 27.8 Å². The molecule has 0 bridgehead atoms. The van der Waals surface area contributed by atoms with Crippen LogP contribution in [0.3, 0.4) is 0 Å². The van der Waals surface area contributed by atoms with Crippen LogP contribution in [0.5, 0.6) is 5.75 Å². The van der Waals surface area contributed by atoms with Gasteiger partial charge in [0, 0.05) is 38.6 Å². The summed E-state index contributed by atoms with van der Waals surface area (Å²) in [6.45, 7) is 1.11. The number of carboxylic acid groups (broad SMARTS) is 1. The number of alkyl halides is 1. The minimum absolute atomic E-state index is 0. The molecule has 3 N–H and O–H groups in total. The van der Waals surface area contributed by atoms with Gasteiger partial charge in [-0.05, 0) is 23.8 Å². The molecule has 0 saturated carbocycles. The Hall–Kier alpha value is -3.60. The number of anilines is 1. The zero-order chi connectivity index (χ0) is 26.4. The molecule has 12 heteroatoms. The van der Waals surface area contributed by atoms with Crippen LogP contribution in [0.1, 0.15) is 11.4 Å². The molecule has 10 nitrogen and oxygen atoms in total. The minimum Gasteiger partial charge on any atom is -0.482 e. The van der Waals surface area contributed by atoms with Gasteiger partial charge >= 0.3 is 5.97 Å². The van der Waals surface area contributed by atoms with Crippen LogP contribution in [0, 0.1) is 0 Å². The monoisotopic (exact) mass is 561 g/mol. The van der Waals surface area contributed by atoms with E-state index in [9.17, 15) is 9.59 Å². The maximum absolute atomic E-state index is 12.8. The van der Waals surface area contributed by atoms with Crippen molar-refractivity contribution in [2.75, 3.05) is 38.5 Å². The van der Waals surface area contributed by atoms with Crippen molar-refractivity contribution in [2.45, 2.75) is 19.5 Å². The maximum atomic E-state index is 12.8. The third-order valence-corrected chi connectivity index (χ3v) is 6.14. The Morgan fingerprint density at radius 3 is 2.68 bits per heavy atom. The second-order valence-electron chi connectivity index (χ2n) is 8.41. The maximum Gasteiger partial charge on any atom is 0.341 e. The summed E-state index contributed by atoms with van der Waals surface area (Å²) in [5.41, 5.74) is 9.29. The molecule has 0 aliphatic heterocycles. The number of amides is 1. The van der Waals surface area contributed by atoms with Gasteiger partial charge in [-0.2, -0.15) is 0 Å². The molecule has 38 heavy (non-hydrogen) atoms. The lowest BCUT2D eigenvalue weighted by Gasteiger charge is -2.23. The number of carbonyl (C=O) groups is 2. The number of methoxy groups -OCH3 is 1. The van der Waals surface area contributed by atoms with Gasteiger partial charge in [-0.1, -0.05) is 30.3 Å². The Morgan fingerprint density at radius 1 is 1.16 bits per heavy atom. The van der Waals surface area contributed by atoms with E-state index in [2.05, 4.69) is 9.55 Å². The quantitative estimate of drug-likeness (QED) is 0.251. The summed E-state index contributed by atoms with van der Waals surface area (Å²) in [4.78, 5) is 34.5.